The van der Waals surface area contributed by atoms with Crippen LogP contribution in [0.25, 0.3) is 0 Å². The highest BCUT2D eigenvalue weighted by Crippen LogP contribution is 2.43. The fourth-order valence-electron chi connectivity index (χ4n) is 2.80. The second kappa shape index (κ2) is 4.47. The summed E-state index contributed by atoms with van der Waals surface area (Å²) in [4.78, 5) is 8.13. The zero-order chi connectivity index (χ0) is 12.0. The fourth-order valence-corrected chi connectivity index (χ4v) is 3.52. The summed E-state index contributed by atoms with van der Waals surface area (Å²) in [5, 5.41) is 0. The maximum absolute atomic E-state index is 5.36. The molecule has 2 unspecified atom stereocenters. The van der Waals surface area contributed by atoms with Crippen LogP contribution in [0.15, 0.2) is 4.47 Å². The van der Waals surface area contributed by atoms with Crippen molar-refractivity contribution in [3.63, 3.8) is 0 Å². The van der Waals surface area contributed by atoms with Crippen LogP contribution in [-0.4, -0.2) is 9.97 Å². The minimum Gasteiger partial charge on any atom is -0.346 e. The molecule has 3 rings (SSSR count). The molecule has 0 bridgehead atoms. The molecule has 17 heavy (non-hydrogen) atoms. The second-order valence-electron chi connectivity index (χ2n) is 5.54. The van der Waals surface area contributed by atoms with Crippen LogP contribution in [0.2, 0.25) is 0 Å². The summed E-state index contributed by atoms with van der Waals surface area (Å²) in [5.41, 5.74) is 1.29. The van der Waals surface area contributed by atoms with Gasteiger partial charge in [-0.3, -0.25) is 0 Å². The van der Waals surface area contributed by atoms with Crippen LogP contribution in [0, 0.1) is 10.6 Å². The van der Waals surface area contributed by atoms with Crippen molar-refractivity contribution in [2.24, 2.45) is 5.92 Å². The molecule has 2 aliphatic carbocycles. The van der Waals surface area contributed by atoms with Crippen LogP contribution in [0.3, 0.4) is 0 Å². The van der Waals surface area contributed by atoms with Gasteiger partial charge in [0.2, 0.25) is 0 Å². The lowest BCUT2D eigenvalue weighted by Gasteiger charge is -2.12. The van der Waals surface area contributed by atoms with Crippen LogP contribution < -0.4 is 0 Å². The van der Waals surface area contributed by atoms with Crippen LogP contribution in [0.5, 0.6) is 0 Å². The van der Waals surface area contributed by atoms with E-state index in [1.807, 2.05) is 0 Å². The van der Waals surface area contributed by atoms with Gasteiger partial charge >= 0.3 is 0 Å². The molecule has 0 amide bonds. The maximum Gasteiger partial charge on any atom is 0.144 e. The van der Waals surface area contributed by atoms with Crippen molar-refractivity contribution >= 4 is 28.1 Å². The number of H-pyrrole nitrogens is 1. The molecule has 0 spiro atoms. The van der Waals surface area contributed by atoms with Gasteiger partial charge in [0.25, 0.3) is 0 Å². The quantitative estimate of drug-likeness (QED) is 0.803. The Morgan fingerprint density at radius 2 is 1.94 bits per heavy atom. The molecule has 2 nitrogen and oxygen atoms in total. The molecule has 1 aromatic heterocycles. The molecular weight excluding hydrogens is 296 g/mol. The first-order valence-electron chi connectivity index (χ1n) is 6.44. The second-order valence-corrected chi connectivity index (χ2v) is 6.72. The third kappa shape index (κ3) is 2.34. The largest absolute Gasteiger partial charge is 0.346 e. The third-order valence-corrected chi connectivity index (χ3v) is 5.34. The number of nitrogens with one attached hydrogen (secondary N) is 1. The number of hydrogen-bond acceptors (Lipinski definition) is 2. The molecule has 0 saturated heterocycles. The van der Waals surface area contributed by atoms with Gasteiger partial charge in [0.1, 0.15) is 10.5 Å². The van der Waals surface area contributed by atoms with Crippen molar-refractivity contribution in [3.05, 3.63) is 20.6 Å². The Labute approximate surface area is 115 Å². The lowest BCUT2D eigenvalue weighted by molar-refractivity contribution is 0.583. The van der Waals surface area contributed by atoms with E-state index in [4.69, 9.17) is 12.2 Å². The van der Waals surface area contributed by atoms with Gasteiger partial charge in [-0.05, 0) is 54.0 Å². The molecular formula is C13H17BrN2S. The van der Waals surface area contributed by atoms with E-state index in [9.17, 15) is 0 Å². The third-order valence-electron chi connectivity index (χ3n) is 3.98. The average molecular weight is 313 g/mol. The molecule has 2 aliphatic rings. The van der Waals surface area contributed by atoms with E-state index < -0.39 is 0 Å². The normalized spacial score (nSPS) is 28.6. The molecule has 2 fully saturated rings. The van der Waals surface area contributed by atoms with E-state index in [1.54, 1.807) is 0 Å². The first kappa shape index (κ1) is 11.8. The van der Waals surface area contributed by atoms with Crippen molar-refractivity contribution in [1.82, 2.24) is 9.97 Å². The Kier molecular flexibility index (Phi) is 3.11. The first-order chi connectivity index (χ1) is 8.15. The van der Waals surface area contributed by atoms with Gasteiger partial charge in [0, 0.05) is 17.5 Å². The average Bonchev–Trinajstić information content (AvgIpc) is 3.05. The number of hydrogen-bond donors (Lipinski definition) is 1. The van der Waals surface area contributed by atoms with E-state index in [-0.39, 0.29) is 0 Å². The van der Waals surface area contributed by atoms with Gasteiger partial charge < -0.3 is 4.98 Å². The molecule has 0 radical (unpaired) electrons. The highest BCUT2D eigenvalue weighted by Gasteiger charge is 2.30. The summed E-state index contributed by atoms with van der Waals surface area (Å²) in [7, 11) is 0. The van der Waals surface area contributed by atoms with Crippen LogP contribution >= 0.6 is 28.1 Å². The molecule has 1 aromatic rings. The Morgan fingerprint density at radius 1 is 1.24 bits per heavy atom. The van der Waals surface area contributed by atoms with Gasteiger partial charge in [-0.15, -0.1) is 0 Å². The van der Waals surface area contributed by atoms with E-state index >= 15 is 0 Å². The fraction of sp³-hybridized carbons (Fsp3) is 0.692. The van der Waals surface area contributed by atoms with Gasteiger partial charge in [-0.2, -0.15) is 0 Å². The van der Waals surface area contributed by atoms with Crippen molar-refractivity contribution in [1.29, 1.82) is 0 Å². The number of nitrogens with zero attached hydrogens (tertiary/aromatic N) is 1. The molecule has 2 saturated carbocycles. The van der Waals surface area contributed by atoms with E-state index in [0.29, 0.717) is 11.8 Å². The lowest BCUT2D eigenvalue weighted by Crippen LogP contribution is -2.05. The summed E-state index contributed by atoms with van der Waals surface area (Å²) >= 11 is 8.94. The highest BCUT2D eigenvalue weighted by molar-refractivity contribution is 9.10. The molecule has 4 heteroatoms. The number of aromatic nitrogens is 2. The maximum atomic E-state index is 5.36. The SMILES string of the molecule is CC1CCC(c2nc(=S)c(Br)c(C3CC3)[nH]2)C1. The van der Waals surface area contributed by atoms with E-state index in [1.165, 1.54) is 37.8 Å². The van der Waals surface area contributed by atoms with Crippen LogP contribution in [0.4, 0.5) is 0 Å². The first-order valence-corrected chi connectivity index (χ1v) is 7.65. The zero-order valence-electron chi connectivity index (χ0n) is 10.0. The summed E-state index contributed by atoms with van der Waals surface area (Å²) < 4.78 is 1.75. The zero-order valence-corrected chi connectivity index (χ0v) is 12.4. The lowest BCUT2D eigenvalue weighted by atomic mass is 10.1. The molecule has 1 heterocycles. The minimum atomic E-state index is 0.595. The molecule has 92 valence electrons. The topological polar surface area (TPSA) is 28.7 Å². The number of rotatable bonds is 2. The van der Waals surface area contributed by atoms with Crippen molar-refractivity contribution < 1.29 is 0 Å². The predicted octanol–water partition coefficient (Wildman–Crippen LogP) is 4.68. The summed E-state index contributed by atoms with van der Waals surface area (Å²) in [6, 6.07) is 0. The molecule has 1 N–H and O–H groups in total. The van der Waals surface area contributed by atoms with Crippen molar-refractivity contribution in [2.45, 2.75) is 50.9 Å². The summed E-state index contributed by atoms with van der Waals surface area (Å²) in [6.45, 7) is 2.33. The van der Waals surface area contributed by atoms with E-state index in [0.717, 1.165) is 20.9 Å². The van der Waals surface area contributed by atoms with Crippen molar-refractivity contribution in [2.75, 3.05) is 0 Å². The summed E-state index contributed by atoms with van der Waals surface area (Å²) in [6.07, 6.45) is 6.40. The van der Waals surface area contributed by atoms with Gasteiger partial charge in [0.15, 0.2) is 0 Å². The van der Waals surface area contributed by atoms with Gasteiger partial charge in [-0.1, -0.05) is 19.1 Å². The Morgan fingerprint density at radius 3 is 2.53 bits per heavy atom. The standard InChI is InChI=1S/C13H17BrN2S/c1-7-2-3-9(6-7)12-15-11(8-4-5-8)10(14)13(17)16-12/h7-9H,2-6H2,1H3,(H,15,16,17). The minimum absolute atomic E-state index is 0.595. The smallest absolute Gasteiger partial charge is 0.144 e. The molecule has 0 aromatic carbocycles. The van der Waals surface area contributed by atoms with Crippen LogP contribution in [0.1, 0.15) is 62.4 Å². The van der Waals surface area contributed by atoms with Crippen LogP contribution in [-0.2, 0) is 0 Å². The van der Waals surface area contributed by atoms with Gasteiger partial charge in [-0.25, -0.2) is 4.98 Å². The number of aromatic amines is 1. The molecule has 0 aliphatic heterocycles. The number of halogens is 1. The van der Waals surface area contributed by atoms with Crippen molar-refractivity contribution in [3.8, 4) is 0 Å². The monoisotopic (exact) mass is 312 g/mol. The predicted molar refractivity (Wildman–Crippen MR) is 74.9 cm³/mol. The van der Waals surface area contributed by atoms with Gasteiger partial charge in [0.05, 0.1) is 4.47 Å². The Hall–Kier alpha value is -0.220. The highest BCUT2D eigenvalue weighted by atomic mass is 79.9. The van der Waals surface area contributed by atoms with E-state index in [2.05, 4.69) is 32.8 Å². The molecule has 2 atom stereocenters. The summed E-state index contributed by atoms with van der Waals surface area (Å²) in [5.74, 6) is 3.24. The Balaban J connectivity index is 1.97. The Bertz CT molecular complexity index is 493.